The number of aliphatic hydroxyl groups is 1. The average Bonchev–Trinajstić information content (AvgIpc) is 2.79. The number of rotatable bonds is 9. The van der Waals surface area contributed by atoms with Crippen molar-refractivity contribution in [3.8, 4) is 23.0 Å². The molecule has 0 aromatic heterocycles. The van der Waals surface area contributed by atoms with E-state index in [1.807, 2.05) is 18.2 Å². The van der Waals surface area contributed by atoms with Crippen LogP contribution in [0.15, 0.2) is 24.3 Å². The van der Waals surface area contributed by atoms with Crippen molar-refractivity contribution in [3.05, 3.63) is 46.5 Å². The van der Waals surface area contributed by atoms with Crippen molar-refractivity contribution in [2.45, 2.75) is 39.4 Å². The third kappa shape index (κ3) is 5.28. The molecule has 1 heterocycles. The van der Waals surface area contributed by atoms with Crippen LogP contribution in [0.2, 0.25) is 0 Å². The Morgan fingerprint density at radius 1 is 0.906 bits per heavy atom. The van der Waals surface area contributed by atoms with Crippen molar-refractivity contribution < 1.29 is 24.4 Å². The van der Waals surface area contributed by atoms with Gasteiger partial charge in [0.15, 0.2) is 11.5 Å². The Balaban J connectivity index is 1.72. The van der Waals surface area contributed by atoms with Crippen LogP contribution in [0.1, 0.15) is 28.7 Å². The van der Waals surface area contributed by atoms with Gasteiger partial charge in [-0.2, -0.15) is 0 Å². The van der Waals surface area contributed by atoms with Crippen LogP contribution in [0.4, 0.5) is 0 Å². The average molecular weight is 445 g/mol. The summed E-state index contributed by atoms with van der Waals surface area (Å²) >= 11 is 0. The van der Waals surface area contributed by atoms with E-state index in [0.29, 0.717) is 11.5 Å². The summed E-state index contributed by atoms with van der Waals surface area (Å²) in [6.45, 7) is 8.69. The van der Waals surface area contributed by atoms with Crippen LogP contribution in [-0.2, 0) is 13.1 Å². The van der Waals surface area contributed by atoms with E-state index < -0.39 is 0 Å². The van der Waals surface area contributed by atoms with Gasteiger partial charge in [-0.25, -0.2) is 0 Å². The fourth-order valence-electron chi connectivity index (χ4n) is 4.49. The zero-order chi connectivity index (χ0) is 23.3. The molecule has 1 aliphatic rings. The van der Waals surface area contributed by atoms with Gasteiger partial charge in [0.2, 0.25) is 5.75 Å². The molecule has 2 aromatic rings. The highest BCUT2D eigenvalue weighted by atomic mass is 16.5. The largest absolute Gasteiger partial charge is 0.502 e. The Hall–Kier alpha value is -2.48. The van der Waals surface area contributed by atoms with Crippen LogP contribution in [0.5, 0.6) is 23.0 Å². The summed E-state index contributed by atoms with van der Waals surface area (Å²) in [5.41, 5.74) is 4.76. The predicted octanol–water partition coefficient (Wildman–Crippen LogP) is 3.10. The Labute approximate surface area is 191 Å². The molecule has 0 amide bonds. The molecule has 0 radical (unpaired) electrons. The molecule has 7 heteroatoms. The minimum atomic E-state index is 0.0203. The normalized spacial score (nSPS) is 17.4. The minimum Gasteiger partial charge on any atom is -0.502 e. The molecule has 1 aliphatic heterocycles. The van der Waals surface area contributed by atoms with Crippen molar-refractivity contribution in [1.82, 2.24) is 9.80 Å². The van der Waals surface area contributed by atoms with Crippen molar-refractivity contribution in [2.75, 3.05) is 47.6 Å². The van der Waals surface area contributed by atoms with Gasteiger partial charge in [0.05, 0.1) is 21.3 Å². The Bertz CT molecular complexity index is 892. The summed E-state index contributed by atoms with van der Waals surface area (Å²) in [7, 11) is 4.78. The summed E-state index contributed by atoms with van der Waals surface area (Å²) < 4.78 is 16.1. The van der Waals surface area contributed by atoms with Crippen molar-refractivity contribution in [2.24, 2.45) is 0 Å². The van der Waals surface area contributed by atoms with E-state index in [-0.39, 0.29) is 18.4 Å². The highest BCUT2D eigenvalue weighted by Crippen LogP contribution is 2.37. The maximum atomic E-state index is 10.2. The first kappa shape index (κ1) is 24.2. The van der Waals surface area contributed by atoms with Gasteiger partial charge in [0.25, 0.3) is 0 Å². The molecule has 0 spiro atoms. The fraction of sp³-hybridized carbons (Fsp3) is 0.520. The smallest absolute Gasteiger partial charge is 0.200 e. The predicted molar refractivity (Wildman–Crippen MR) is 125 cm³/mol. The highest BCUT2D eigenvalue weighted by molar-refractivity contribution is 5.52. The number of ether oxygens (including phenoxy) is 3. The zero-order valence-corrected chi connectivity index (χ0v) is 19.9. The van der Waals surface area contributed by atoms with Gasteiger partial charge in [-0.15, -0.1) is 0 Å². The van der Waals surface area contributed by atoms with Gasteiger partial charge in [0, 0.05) is 45.4 Å². The molecule has 1 saturated heterocycles. The fourth-order valence-corrected chi connectivity index (χ4v) is 4.49. The lowest BCUT2D eigenvalue weighted by Gasteiger charge is -2.42. The number of benzene rings is 2. The van der Waals surface area contributed by atoms with Gasteiger partial charge in [0.1, 0.15) is 5.75 Å². The third-order valence-corrected chi connectivity index (χ3v) is 6.54. The van der Waals surface area contributed by atoms with Gasteiger partial charge in [-0.1, -0.05) is 6.07 Å². The van der Waals surface area contributed by atoms with E-state index >= 15 is 0 Å². The molecule has 1 fully saturated rings. The Morgan fingerprint density at radius 2 is 1.56 bits per heavy atom. The second-order valence-electron chi connectivity index (χ2n) is 8.40. The van der Waals surface area contributed by atoms with E-state index in [9.17, 15) is 10.2 Å². The molecule has 7 nitrogen and oxygen atoms in total. The van der Waals surface area contributed by atoms with Crippen LogP contribution in [0.25, 0.3) is 0 Å². The number of methoxy groups -OCH3 is 3. The quantitative estimate of drug-likeness (QED) is 0.616. The summed E-state index contributed by atoms with van der Waals surface area (Å²) in [5.74, 6) is 1.76. The molecular formula is C25H36N2O5. The topological polar surface area (TPSA) is 74.6 Å². The van der Waals surface area contributed by atoms with E-state index in [2.05, 4.69) is 29.7 Å². The number of hydrogen-bond donors (Lipinski definition) is 2. The van der Waals surface area contributed by atoms with Crippen LogP contribution in [0.3, 0.4) is 0 Å². The number of piperazine rings is 1. The molecule has 1 unspecified atom stereocenters. The monoisotopic (exact) mass is 444 g/mol. The van der Waals surface area contributed by atoms with Crippen LogP contribution < -0.4 is 14.2 Å². The lowest BCUT2D eigenvalue weighted by atomic mass is 10.00. The van der Waals surface area contributed by atoms with E-state index in [4.69, 9.17) is 14.2 Å². The molecule has 0 bridgehead atoms. The second kappa shape index (κ2) is 10.9. The summed E-state index contributed by atoms with van der Waals surface area (Å²) in [6, 6.07) is 8.17. The molecular weight excluding hydrogens is 408 g/mol. The molecule has 3 rings (SSSR count). The van der Waals surface area contributed by atoms with Crippen LogP contribution in [0, 0.1) is 13.8 Å². The second-order valence-corrected chi connectivity index (χ2v) is 8.40. The maximum absolute atomic E-state index is 10.2. The number of aliphatic hydroxyl groups excluding tert-OH is 1. The lowest BCUT2D eigenvalue weighted by Crippen LogP contribution is -2.52. The molecule has 32 heavy (non-hydrogen) atoms. The first-order chi connectivity index (χ1) is 15.4. The summed E-state index contributed by atoms with van der Waals surface area (Å²) in [4.78, 5) is 4.85. The van der Waals surface area contributed by atoms with Gasteiger partial charge < -0.3 is 24.4 Å². The number of nitrogens with zero attached hydrogens (tertiary/aromatic N) is 2. The van der Waals surface area contributed by atoms with Crippen LogP contribution >= 0.6 is 0 Å². The first-order valence-corrected chi connectivity index (χ1v) is 11.1. The van der Waals surface area contributed by atoms with Gasteiger partial charge in [-0.3, -0.25) is 9.80 Å². The minimum absolute atomic E-state index is 0.0203. The standard InChI is InChI=1S/C25H36N2O5/c1-17-18(2)22(30-3)7-6-20(17)15-27-10-9-26(16-21(27)8-11-28)14-19-12-23(31-4)25(29)24(13-19)32-5/h6-7,12-13,21,28-29H,8-11,14-16H2,1-5H3. The van der Waals surface area contributed by atoms with Crippen molar-refractivity contribution in [3.63, 3.8) is 0 Å². The molecule has 176 valence electrons. The number of aromatic hydroxyl groups is 1. The number of phenols is 1. The Morgan fingerprint density at radius 3 is 2.16 bits per heavy atom. The van der Waals surface area contributed by atoms with Gasteiger partial charge >= 0.3 is 0 Å². The summed E-state index contributed by atoms with van der Waals surface area (Å²) in [6.07, 6.45) is 0.729. The number of phenolic OH excluding ortho intramolecular Hbond substituents is 1. The van der Waals surface area contributed by atoms with E-state index in [0.717, 1.165) is 50.5 Å². The van der Waals surface area contributed by atoms with E-state index in [1.165, 1.54) is 30.9 Å². The first-order valence-electron chi connectivity index (χ1n) is 11.1. The molecule has 2 aromatic carbocycles. The molecule has 2 N–H and O–H groups in total. The molecule has 1 atom stereocenters. The van der Waals surface area contributed by atoms with Gasteiger partial charge in [-0.05, 0) is 60.7 Å². The molecule has 0 aliphatic carbocycles. The SMILES string of the molecule is COc1ccc(CN2CCN(Cc3cc(OC)c(O)c(OC)c3)CC2CCO)c(C)c1C. The zero-order valence-electron chi connectivity index (χ0n) is 19.9. The third-order valence-electron chi connectivity index (χ3n) is 6.54. The van der Waals surface area contributed by atoms with Crippen molar-refractivity contribution in [1.29, 1.82) is 0 Å². The highest BCUT2D eigenvalue weighted by Gasteiger charge is 2.27. The maximum Gasteiger partial charge on any atom is 0.200 e. The Kier molecular flexibility index (Phi) is 8.23. The van der Waals surface area contributed by atoms with Crippen LogP contribution in [-0.4, -0.2) is 73.6 Å². The van der Waals surface area contributed by atoms with Crippen molar-refractivity contribution >= 4 is 0 Å². The summed E-state index contributed by atoms with van der Waals surface area (Å²) in [5, 5.41) is 19.9. The number of hydrogen-bond acceptors (Lipinski definition) is 7. The lowest BCUT2D eigenvalue weighted by molar-refractivity contribution is 0.0498. The molecule has 0 saturated carbocycles. The van der Waals surface area contributed by atoms with E-state index in [1.54, 1.807) is 7.11 Å².